The molecular weight excluding hydrogens is 582 g/mol. The minimum absolute atomic E-state index is 0.0459. The van der Waals surface area contributed by atoms with Gasteiger partial charge in [0.05, 0.1) is 38.1 Å². The van der Waals surface area contributed by atoms with Crippen LogP contribution in [0, 0.1) is 0 Å². The number of methoxy groups -OCH3 is 3. The number of hydrogen-bond acceptors (Lipinski definition) is 9. The van der Waals surface area contributed by atoms with Gasteiger partial charge in [-0.15, -0.1) is 0 Å². The Morgan fingerprint density at radius 3 is 2.05 bits per heavy atom. The number of rotatable bonds is 12. The highest BCUT2D eigenvalue weighted by molar-refractivity contribution is 7.74. The van der Waals surface area contributed by atoms with Gasteiger partial charge in [-0.05, 0) is 54.4 Å². The second-order valence-corrected chi connectivity index (χ2v) is 10.5. The number of hydrogen-bond donors (Lipinski definition) is 3. The van der Waals surface area contributed by atoms with Gasteiger partial charge in [0, 0.05) is 36.0 Å². The van der Waals surface area contributed by atoms with Crippen LogP contribution >= 0.6 is 0 Å². The normalized spacial score (nSPS) is 10.8. The highest BCUT2D eigenvalue weighted by atomic mass is 32.2. The van der Waals surface area contributed by atoms with Crippen LogP contribution < -0.4 is 29.1 Å². The van der Waals surface area contributed by atoms with Crippen LogP contribution in [0.3, 0.4) is 0 Å². The summed E-state index contributed by atoms with van der Waals surface area (Å²) in [6.07, 6.45) is 0.773. The molecule has 12 heteroatoms. The SMILES string of the molecule is COc1ccc(CCC(=O)Nc2cccc(N(c3nc4ccccc4nc3Nc3cc(OC)cc(OC)c3)[SH](=O)=O)c2)cc1. The molecule has 0 radical (unpaired) electrons. The summed E-state index contributed by atoms with van der Waals surface area (Å²) in [5.74, 6) is 1.83. The summed E-state index contributed by atoms with van der Waals surface area (Å²) in [7, 11) is 1.44. The first-order valence-electron chi connectivity index (χ1n) is 13.6. The molecule has 0 atom stereocenters. The molecular formula is C32H31N5O6S. The molecule has 0 aliphatic heterocycles. The summed E-state index contributed by atoms with van der Waals surface area (Å²) in [5.41, 5.74) is 3.31. The Morgan fingerprint density at radius 1 is 0.750 bits per heavy atom. The number of para-hydroxylation sites is 2. The summed E-state index contributed by atoms with van der Waals surface area (Å²) in [5, 5.41) is 6.05. The quantitative estimate of drug-likeness (QED) is 0.153. The van der Waals surface area contributed by atoms with Crippen LogP contribution in [0.1, 0.15) is 12.0 Å². The van der Waals surface area contributed by atoms with Gasteiger partial charge in [-0.2, -0.15) is 0 Å². The zero-order valence-corrected chi connectivity index (χ0v) is 25.2. The first kappa shape index (κ1) is 30.1. The Balaban J connectivity index is 1.45. The van der Waals surface area contributed by atoms with E-state index in [0.29, 0.717) is 40.3 Å². The first-order valence-corrected chi connectivity index (χ1v) is 14.7. The Bertz CT molecular complexity index is 1830. The molecule has 0 saturated carbocycles. The van der Waals surface area contributed by atoms with Gasteiger partial charge in [0.15, 0.2) is 11.6 Å². The standard InChI is InChI=1S/C32H31N5O6S/c1-41-25-14-11-21(12-15-25)13-16-30(38)33-22-7-6-8-24(17-22)37(44(39)40)32-31(35-28-9-4-5-10-29(28)36-32)34-23-18-26(42-2)20-27(19-23)43-3/h4-12,14-15,17-20,44H,13,16H2,1-3H3,(H,33,38)(H,34,35). The smallest absolute Gasteiger partial charge is 0.230 e. The largest absolute Gasteiger partial charge is 0.497 e. The molecule has 1 heterocycles. The number of anilines is 5. The van der Waals surface area contributed by atoms with Crippen LogP contribution in [-0.2, 0) is 22.1 Å². The van der Waals surface area contributed by atoms with E-state index in [1.165, 1.54) is 14.2 Å². The van der Waals surface area contributed by atoms with Crippen LogP contribution in [0.25, 0.3) is 11.0 Å². The molecule has 2 N–H and O–H groups in total. The van der Waals surface area contributed by atoms with Crippen LogP contribution in [-0.4, -0.2) is 45.6 Å². The van der Waals surface area contributed by atoms with E-state index < -0.39 is 10.9 Å². The molecule has 1 aromatic heterocycles. The molecule has 0 unspecified atom stereocenters. The van der Waals surface area contributed by atoms with Crippen molar-refractivity contribution in [2.45, 2.75) is 12.8 Å². The van der Waals surface area contributed by atoms with Gasteiger partial charge < -0.3 is 24.8 Å². The maximum atomic E-state index is 12.8. The van der Waals surface area contributed by atoms with Crippen molar-refractivity contribution >= 4 is 56.5 Å². The zero-order chi connectivity index (χ0) is 31.1. The van der Waals surface area contributed by atoms with Gasteiger partial charge >= 0.3 is 0 Å². The number of nitrogens with zero attached hydrogens (tertiary/aromatic N) is 3. The molecule has 11 nitrogen and oxygen atoms in total. The minimum Gasteiger partial charge on any atom is -0.497 e. The zero-order valence-electron chi connectivity index (χ0n) is 24.3. The topological polar surface area (TPSA) is 132 Å². The number of thiol groups is 1. The van der Waals surface area contributed by atoms with Crippen LogP contribution in [0.5, 0.6) is 17.2 Å². The van der Waals surface area contributed by atoms with Crippen molar-refractivity contribution in [3.8, 4) is 17.2 Å². The number of aryl methyl sites for hydroxylation is 1. The molecule has 44 heavy (non-hydrogen) atoms. The fourth-order valence-corrected chi connectivity index (χ4v) is 5.13. The average Bonchev–Trinajstić information content (AvgIpc) is 3.04. The van der Waals surface area contributed by atoms with Crippen molar-refractivity contribution in [1.29, 1.82) is 0 Å². The molecule has 5 rings (SSSR count). The lowest BCUT2D eigenvalue weighted by atomic mass is 10.1. The van der Waals surface area contributed by atoms with E-state index in [1.54, 1.807) is 67.8 Å². The molecule has 5 aromatic rings. The van der Waals surface area contributed by atoms with E-state index in [2.05, 4.69) is 15.6 Å². The maximum absolute atomic E-state index is 12.8. The highest BCUT2D eigenvalue weighted by Crippen LogP contribution is 2.35. The van der Waals surface area contributed by atoms with Crippen molar-refractivity contribution in [3.63, 3.8) is 0 Å². The molecule has 0 saturated heterocycles. The summed E-state index contributed by atoms with van der Waals surface area (Å²) in [6.45, 7) is 0. The van der Waals surface area contributed by atoms with Crippen molar-refractivity contribution in [2.24, 2.45) is 0 Å². The van der Waals surface area contributed by atoms with Crippen LogP contribution in [0.4, 0.5) is 28.7 Å². The van der Waals surface area contributed by atoms with E-state index in [0.717, 1.165) is 15.6 Å². The van der Waals surface area contributed by atoms with E-state index >= 15 is 0 Å². The van der Waals surface area contributed by atoms with E-state index in [1.807, 2.05) is 30.3 Å². The highest BCUT2D eigenvalue weighted by Gasteiger charge is 2.21. The Kier molecular flexibility index (Phi) is 9.40. The number of fused-ring (bicyclic) bond motifs is 1. The number of benzene rings is 4. The lowest BCUT2D eigenvalue weighted by Gasteiger charge is -2.21. The lowest BCUT2D eigenvalue weighted by Crippen LogP contribution is -2.19. The van der Waals surface area contributed by atoms with Gasteiger partial charge in [-0.3, -0.25) is 4.79 Å². The molecule has 0 fully saturated rings. The number of ether oxygens (including phenoxy) is 3. The van der Waals surface area contributed by atoms with Gasteiger partial charge in [0.2, 0.25) is 16.8 Å². The average molecular weight is 614 g/mol. The fraction of sp³-hybridized carbons (Fsp3) is 0.156. The summed E-state index contributed by atoms with van der Waals surface area (Å²) >= 11 is 0. The molecule has 4 aromatic carbocycles. The molecule has 226 valence electrons. The van der Waals surface area contributed by atoms with Crippen molar-refractivity contribution in [1.82, 2.24) is 9.97 Å². The molecule has 0 bridgehead atoms. The molecule has 0 aliphatic rings. The number of aromatic nitrogens is 2. The summed E-state index contributed by atoms with van der Waals surface area (Å²) in [4.78, 5) is 22.2. The third-order valence-electron chi connectivity index (χ3n) is 6.70. The predicted octanol–water partition coefficient (Wildman–Crippen LogP) is 5.64. The Morgan fingerprint density at radius 2 is 1.41 bits per heavy atom. The minimum atomic E-state index is -3.24. The van der Waals surface area contributed by atoms with E-state index in [-0.39, 0.29) is 29.7 Å². The number of amides is 1. The summed E-state index contributed by atoms with van der Waals surface area (Å²) < 4.78 is 42.6. The van der Waals surface area contributed by atoms with Crippen molar-refractivity contribution < 1.29 is 27.4 Å². The molecule has 0 spiro atoms. The van der Waals surface area contributed by atoms with Gasteiger partial charge in [0.25, 0.3) is 0 Å². The van der Waals surface area contributed by atoms with E-state index in [9.17, 15) is 13.2 Å². The fourth-order valence-electron chi connectivity index (χ4n) is 4.52. The first-order chi connectivity index (χ1) is 21.4. The Labute approximate surface area is 256 Å². The third kappa shape index (κ3) is 7.16. The van der Waals surface area contributed by atoms with Crippen LogP contribution in [0.15, 0.2) is 91.0 Å². The molecule has 0 aliphatic carbocycles. The molecule has 1 amide bonds. The maximum Gasteiger partial charge on any atom is 0.230 e. The van der Waals surface area contributed by atoms with Crippen molar-refractivity contribution in [3.05, 3.63) is 96.6 Å². The van der Waals surface area contributed by atoms with E-state index in [4.69, 9.17) is 19.2 Å². The predicted molar refractivity (Wildman–Crippen MR) is 171 cm³/mol. The van der Waals surface area contributed by atoms with Gasteiger partial charge in [0.1, 0.15) is 17.2 Å². The Hall–Kier alpha value is -5.36. The third-order valence-corrected chi connectivity index (χ3v) is 7.45. The number of nitrogens with one attached hydrogen (secondary N) is 2. The second-order valence-electron chi connectivity index (χ2n) is 9.61. The van der Waals surface area contributed by atoms with Gasteiger partial charge in [-0.1, -0.05) is 30.3 Å². The van der Waals surface area contributed by atoms with Crippen molar-refractivity contribution in [2.75, 3.05) is 36.3 Å². The summed E-state index contributed by atoms with van der Waals surface area (Å²) in [6, 6.07) is 26.4. The lowest BCUT2D eigenvalue weighted by molar-refractivity contribution is -0.116. The van der Waals surface area contributed by atoms with Crippen LogP contribution in [0.2, 0.25) is 0 Å². The number of carbonyl (C=O) groups excluding carboxylic acids is 1. The monoisotopic (exact) mass is 613 g/mol. The second kappa shape index (κ2) is 13.7. The van der Waals surface area contributed by atoms with Gasteiger partial charge in [-0.25, -0.2) is 22.7 Å². The number of carbonyl (C=O) groups is 1.